The van der Waals surface area contributed by atoms with Gasteiger partial charge < -0.3 is 5.11 Å². The fraction of sp³-hybridized carbons (Fsp3) is 0.368. The van der Waals surface area contributed by atoms with E-state index in [9.17, 15) is 9.90 Å². The minimum Gasteiger partial charge on any atom is -0.480 e. The fourth-order valence-corrected chi connectivity index (χ4v) is 3.84. The molecule has 1 aliphatic heterocycles. The average Bonchev–Trinajstić information content (AvgIpc) is 2.64. The summed E-state index contributed by atoms with van der Waals surface area (Å²) in [5.41, 5.74) is 2.16. The molecule has 2 heterocycles. The van der Waals surface area contributed by atoms with Crippen molar-refractivity contribution in [1.82, 2.24) is 9.88 Å². The van der Waals surface area contributed by atoms with E-state index in [4.69, 9.17) is 0 Å². The number of hydrogen-bond acceptors (Lipinski definition) is 4. The molecule has 4 nitrogen and oxygen atoms in total. The van der Waals surface area contributed by atoms with Crippen LogP contribution < -0.4 is 0 Å². The van der Waals surface area contributed by atoms with Crippen LogP contribution in [-0.4, -0.2) is 39.8 Å². The summed E-state index contributed by atoms with van der Waals surface area (Å²) in [4.78, 5) is 19.4. The lowest BCUT2D eigenvalue weighted by Crippen LogP contribution is -2.46. The lowest BCUT2D eigenvalue weighted by atomic mass is 9.92. The van der Waals surface area contributed by atoms with Crippen molar-refractivity contribution in [3.8, 4) is 0 Å². The Morgan fingerprint density at radius 3 is 2.67 bits per heavy atom. The first-order valence-corrected chi connectivity index (χ1v) is 9.45. The second-order valence-corrected chi connectivity index (χ2v) is 6.93. The second-order valence-electron chi connectivity index (χ2n) is 6.05. The zero-order chi connectivity index (χ0) is 16.9. The smallest absolute Gasteiger partial charge is 0.320 e. The SMILES string of the molecule is CSc1ccc(C(c2cccnc2)N2CCCCC2C(=O)O)cc1. The number of rotatable bonds is 5. The average molecular weight is 342 g/mol. The van der Waals surface area contributed by atoms with E-state index in [1.807, 2.05) is 18.3 Å². The fourth-order valence-electron chi connectivity index (χ4n) is 3.43. The van der Waals surface area contributed by atoms with E-state index in [2.05, 4.69) is 40.4 Å². The summed E-state index contributed by atoms with van der Waals surface area (Å²) >= 11 is 1.71. The van der Waals surface area contributed by atoms with Crippen LogP contribution in [0.2, 0.25) is 0 Å². The maximum atomic E-state index is 11.8. The molecule has 1 saturated heterocycles. The molecular formula is C19H22N2O2S. The Balaban J connectivity index is 2.02. The van der Waals surface area contributed by atoms with Crippen molar-refractivity contribution < 1.29 is 9.90 Å². The largest absolute Gasteiger partial charge is 0.480 e. The van der Waals surface area contributed by atoms with E-state index >= 15 is 0 Å². The molecule has 126 valence electrons. The third-order valence-electron chi connectivity index (χ3n) is 4.59. The van der Waals surface area contributed by atoms with Gasteiger partial charge in [0.1, 0.15) is 6.04 Å². The third-order valence-corrected chi connectivity index (χ3v) is 5.34. The molecule has 3 rings (SSSR count). The van der Waals surface area contributed by atoms with Crippen LogP contribution >= 0.6 is 11.8 Å². The van der Waals surface area contributed by atoms with E-state index < -0.39 is 12.0 Å². The van der Waals surface area contributed by atoms with Gasteiger partial charge in [0.15, 0.2) is 0 Å². The zero-order valence-electron chi connectivity index (χ0n) is 13.8. The molecule has 0 saturated carbocycles. The number of benzene rings is 1. The molecule has 0 aliphatic carbocycles. The molecule has 2 atom stereocenters. The van der Waals surface area contributed by atoms with Crippen molar-refractivity contribution in [2.45, 2.75) is 36.2 Å². The predicted molar refractivity (Wildman–Crippen MR) is 96.3 cm³/mol. The monoisotopic (exact) mass is 342 g/mol. The van der Waals surface area contributed by atoms with Gasteiger partial charge in [0.2, 0.25) is 0 Å². The standard InChI is InChI=1S/C19H22N2O2S/c1-24-16-9-7-14(8-10-16)18(15-5-4-11-20-13-15)21-12-3-2-6-17(21)19(22)23/h4-5,7-11,13,17-18H,2-3,6,12H2,1H3,(H,22,23). The summed E-state index contributed by atoms with van der Waals surface area (Å²) in [6, 6.07) is 11.9. The quantitative estimate of drug-likeness (QED) is 0.837. The Bertz CT molecular complexity index is 676. The van der Waals surface area contributed by atoms with Crippen molar-refractivity contribution in [2.75, 3.05) is 12.8 Å². The van der Waals surface area contributed by atoms with Crippen molar-refractivity contribution in [3.05, 3.63) is 59.9 Å². The van der Waals surface area contributed by atoms with Gasteiger partial charge >= 0.3 is 5.97 Å². The predicted octanol–water partition coefficient (Wildman–Crippen LogP) is 3.83. The Labute approximate surface area is 146 Å². The second kappa shape index (κ2) is 7.81. The Kier molecular flexibility index (Phi) is 5.53. The van der Waals surface area contributed by atoms with Crippen LogP contribution in [0.3, 0.4) is 0 Å². The van der Waals surface area contributed by atoms with Crippen molar-refractivity contribution >= 4 is 17.7 Å². The van der Waals surface area contributed by atoms with Crippen molar-refractivity contribution in [2.24, 2.45) is 0 Å². The van der Waals surface area contributed by atoms with Gasteiger partial charge in [0, 0.05) is 17.3 Å². The number of hydrogen-bond donors (Lipinski definition) is 1. The van der Waals surface area contributed by atoms with Crippen LogP contribution in [-0.2, 0) is 4.79 Å². The number of carboxylic acids is 1. The van der Waals surface area contributed by atoms with Crippen LogP contribution in [0.5, 0.6) is 0 Å². The van der Waals surface area contributed by atoms with Crippen molar-refractivity contribution in [1.29, 1.82) is 0 Å². The highest BCUT2D eigenvalue weighted by Gasteiger charge is 2.35. The minimum atomic E-state index is -0.732. The Morgan fingerprint density at radius 1 is 1.25 bits per heavy atom. The number of aliphatic carboxylic acids is 1. The van der Waals surface area contributed by atoms with Crippen LogP contribution in [0, 0.1) is 0 Å². The maximum absolute atomic E-state index is 11.8. The van der Waals surface area contributed by atoms with E-state index in [1.54, 1.807) is 18.0 Å². The van der Waals surface area contributed by atoms with E-state index in [0.29, 0.717) is 6.42 Å². The number of carbonyl (C=O) groups is 1. The molecule has 0 radical (unpaired) electrons. The van der Waals surface area contributed by atoms with Crippen molar-refractivity contribution in [3.63, 3.8) is 0 Å². The first-order valence-electron chi connectivity index (χ1n) is 8.23. The van der Waals surface area contributed by atoms with E-state index in [-0.39, 0.29) is 6.04 Å². The molecule has 1 aromatic carbocycles. The number of thioether (sulfide) groups is 1. The normalized spacial score (nSPS) is 19.8. The Morgan fingerprint density at radius 2 is 2.04 bits per heavy atom. The van der Waals surface area contributed by atoms with Crippen LogP contribution in [0.4, 0.5) is 0 Å². The molecule has 0 amide bonds. The summed E-state index contributed by atoms with van der Waals surface area (Å²) < 4.78 is 0. The molecule has 1 N–H and O–H groups in total. The lowest BCUT2D eigenvalue weighted by molar-refractivity contribution is -0.145. The molecule has 2 unspecified atom stereocenters. The number of aromatic nitrogens is 1. The zero-order valence-corrected chi connectivity index (χ0v) is 14.6. The lowest BCUT2D eigenvalue weighted by Gasteiger charge is -2.39. The molecule has 0 spiro atoms. The molecule has 1 aliphatic rings. The van der Waals surface area contributed by atoms with E-state index in [0.717, 1.165) is 30.5 Å². The first kappa shape index (κ1) is 17.0. The molecule has 5 heteroatoms. The minimum absolute atomic E-state index is 0.0731. The molecular weight excluding hydrogens is 320 g/mol. The van der Waals surface area contributed by atoms with Gasteiger partial charge in [-0.25, -0.2) is 0 Å². The molecule has 1 fully saturated rings. The summed E-state index contributed by atoms with van der Waals surface area (Å²) in [5.74, 6) is -0.732. The van der Waals surface area contributed by atoms with Crippen LogP contribution in [0.1, 0.15) is 36.4 Å². The number of likely N-dealkylation sites (tertiary alicyclic amines) is 1. The van der Waals surface area contributed by atoms with Gasteiger partial charge in [-0.3, -0.25) is 14.7 Å². The summed E-state index contributed by atoms with van der Waals surface area (Å²) in [5, 5.41) is 9.67. The number of pyridine rings is 1. The number of piperidine rings is 1. The molecule has 1 aromatic heterocycles. The summed E-state index contributed by atoms with van der Waals surface area (Å²) in [6.07, 6.45) is 8.36. The Hall–Kier alpha value is -1.85. The van der Waals surface area contributed by atoms with Gasteiger partial charge in [0.05, 0.1) is 6.04 Å². The highest BCUT2D eigenvalue weighted by atomic mass is 32.2. The van der Waals surface area contributed by atoms with E-state index in [1.165, 1.54) is 4.90 Å². The highest BCUT2D eigenvalue weighted by Crippen LogP contribution is 2.34. The molecule has 24 heavy (non-hydrogen) atoms. The van der Waals surface area contributed by atoms with Gasteiger partial charge in [-0.15, -0.1) is 11.8 Å². The maximum Gasteiger partial charge on any atom is 0.320 e. The van der Waals surface area contributed by atoms with Crippen LogP contribution in [0.25, 0.3) is 0 Å². The van der Waals surface area contributed by atoms with Gasteiger partial charge in [-0.2, -0.15) is 0 Å². The summed E-state index contributed by atoms with van der Waals surface area (Å²) in [7, 11) is 0. The first-order chi connectivity index (χ1) is 11.7. The highest BCUT2D eigenvalue weighted by molar-refractivity contribution is 7.98. The molecule has 2 aromatic rings. The topological polar surface area (TPSA) is 53.4 Å². The van der Waals surface area contributed by atoms with Crippen LogP contribution in [0.15, 0.2) is 53.7 Å². The van der Waals surface area contributed by atoms with Gasteiger partial charge in [-0.1, -0.05) is 24.6 Å². The number of nitrogens with zero attached hydrogens (tertiary/aromatic N) is 2. The summed E-state index contributed by atoms with van der Waals surface area (Å²) in [6.45, 7) is 0.792. The van der Waals surface area contributed by atoms with Gasteiger partial charge in [0.25, 0.3) is 0 Å². The number of carboxylic acid groups (broad SMARTS) is 1. The van der Waals surface area contributed by atoms with Gasteiger partial charge in [-0.05, 0) is 55.0 Å². The third kappa shape index (κ3) is 3.62. The molecule has 0 bridgehead atoms.